The molecule has 6 nitrogen and oxygen atoms in total. The Labute approximate surface area is 158 Å². The summed E-state index contributed by atoms with van der Waals surface area (Å²) in [6, 6.07) is 14.6. The zero-order valence-corrected chi connectivity index (χ0v) is 14.5. The van der Waals surface area contributed by atoms with Gasteiger partial charge in [-0.25, -0.2) is 13.6 Å². The number of furan rings is 1. The van der Waals surface area contributed by atoms with Crippen LogP contribution in [0, 0.1) is 11.6 Å². The van der Waals surface area contributed by atoms with Gasteiger partial charge >= 0.3 is 5.97 Å². The third-order valence-corrected chi connectivity index (χ3v) is 3.52. The molecule has 1 heterocycles. The highest BCUT2D eigenvalue weighted by Gasteiger charge is 2.16. The van der Waals surface area contributed by atoms with E-state index in [2.05, 4.69) is 5.32 Å². The molecule has 1 amide bonds. The normalized spacial score (nSPS) is 10.4. The van der Waals surface area contributed by atoms with Crippen LogP contribution in [0.25, 0.3) is 0 Å². The number of nitrogens with one attached hydrogen (secondary N) is 1. The number of para-hydroxylation sites is 1. The molecule has 28 heavy (non-hydrogen) atoms. The topological polar surface area (TPSA) is 77.8 Å². The number of hydrogen-bond donors (Lipinski definition) is 1. The van der Waals surface area contributed by atoms with Gasteiger partial charge in [-0.05, 0) is 36.4 Å². The van der Waals surface area contributed by atoms with E-state index < -0.39 is 30.1 Å². The molecule has 0 fully saturated rings. The Hall–Kier alpha value is -3.68. The highest BCUT2D eigenvalue weighted by molar-refractivity contribution is 5.94. The summed E-state index contributed by atoms with van der Waals surface area (Å²) >= 11 is 0. The van der Waals surface area contributed by atoms with Crippen molar-refractivity contribution in [1.29, 1.82) is 0 Å². The van der Waals surface area contributed by atoms with E-state index in [0.29, 0.717) is 11.5 Å². The molecular formula is C20H15F2NO5. The molecule has 0 radical (unpaired) electrons. The van der Waals surface area contributed by atoms with Crippen LogP contribution in [0.5, 0.6) is 5.75 Å². The average molecular weight is 387 g/mol. The average Bonchev–Trinajstić information content (AvgIpc) is 3.17. The first kappa shape index (κ1) is 19.1. The molecule has 3 rings (SSSR count). The molecule has 1 N–H and O–H groups in total. The van der Waals surface area contributed by atoms with E-state index in [1.165, 1.54) is 6.07 Å². The van der Waals surface area contributed by atoms with Crippen molar-refractivity contribution in [1.82, 2.24) is 0 Å². The zero-order valence-electron chi connectivity index (χ0n) is 14.5. The highest BCUT2D eigenvalue weighted by Crippen LogP contribution is 2.16. The molecule has 0 spiro atoms. The molecule has 3 aromatic rings. The molecule has 2 aromatic carbocycles. The van der Waals surface area contributed by atoms with Crippen molar-refractivity contribution in [3.8, 4) is 5.75 Å². The number of carbonyl (C=O) groups is 2. The van der Waals surface area contributed by atoms with E-state index in [9.17, 15) is 18.4 Å². The first-order valence-corrected chi connectivity index (χ1v) is 8.20. The van der Waals surface area contributed by atoms with Gasteiger partial charge in [0.15, 0.2) is 6.61 Å². The van der Waals surface area contributed by atoms with Crippen LogP contribution in [0.15, 0.2) is 65.1 Å². The van der Waals surface area contributed by atoms with E-state index in [-0.39, 0.29) is 18.1 Å². The summed E-state index contributed by atoms with van der Waals surface area (Å²) in [5.74, 6) is -2.30. The van der Waals surface area contributed by atoms with Gasteiger partial charge in [-0.2, -0.15) is 0 Å². The fraction of sp³-hybridized carbons (Fsp3) is 0.100. The second-order valence-corrected chi connectivity index (χ2v) is 5.62. The van der Waals surface area contributed by atoms with Crippen molar-refractivity contribution in [3.63, 3.8) is 0 Å². The van der Waals surface area contributed by atoms with Crippen molar-refractivity contribution in [3.05, 3.63) is 83.8 Å². The fourth-order valence-corrected chi connectivity index (χ4v) is 2.22. The van der Waals surface area contributed by atoms with Gasteiger partial charge in [-0.15, -0.1) is 0 Å². The van der Waals surface area contributed by atoms with Crippen LogP contribution < -0.4 is 10.1 Å². The number of carbonyl (C=O) groups excluding carboxylic acids is 2. The second-order valence-electron chi connectivity index (χ2n) is 5.62. The lowest BCUT2D eigenvalue weighted by molar-refractivity contribution is -0.119. The predicted octanol–water partition coefficient (Wildman–Crippen LogP) is 3.93. The van der Waals surface area contributed by atoms with Crippen molar-refractivity contribution < 1.29 is 32.3 Å². The van der Waals surface area contributed by atoms with E-state index in [1.54, 1.807) is 18.2 Å². The van der Waals surface area contributed by atoms with Crippen molar-refractivity contribution in [2.75, 3.05) is 11.9 Å². The maximum absolute atomic E-state index is 13.5. The Morgan fingerprint density at radius 3 is 2.57 bits per heavy atom. The predicted molar refractivity (Wildman–Crippen MR) is 94.8 cm³/mol. The van der Waals surface area contributed by atoms with E-state index in [0.717, 1.165) is 18.2 Å². The monoisotopic (exact) mass is 387 g/mol. The number of anilines is 1. The number of amides is 1. The van der Waals surface area contributed by atoms with Crippen LogP contribution in [0.1, 0.15) is 16.3 Å². The minimum absolute atomic E-state index is 0.108. The van der Waals surface area contributed by atoms with Gasteiger partial charge in [0.05, 0.1) is 5.69 Å². The summed E-state index contributed by atoms with van der Waals surface area (Å²) in [4.78, 5) is 23.7. The minimum atomic E-state index is -0.874. The quantitative estimate of drug-likeness (QED) is 0.622. The Kier molecular flexibility index (Phi) is 6.01. The Bertz CT molecular complexity index is 972. The van der Waals surface area contributed by atoms with Crippen LogP contribution >= 0.6 is 0 Å². The van der Waals surface area contributed by atoms with E-state index in [4.69, 9.17) is 13.9 Å². The molecule has 0 aliphatic heterocycles. The van der Waals surface area contributed by atoms with Gasteiger partial charge in [0.2, 0.25) is 5.76 Å². The van der Waals surface area contributed by atoms with Crippen molar-refractivity contribution in [2.45, 2.75) is 6.61 Å². The number of halogens is 2. The van der Waals surface area contributed by atoms with Gasteiger partial charge < -0.3 is 19.2 Å². The summed E-state index contributed by atoms with van der Waals surface area (Å²) in [7, 11) is 0. The van der Waals surface area contributed by atoms with Crippen LogP contribution in [-0.2, 0) is 16.1 Å². The molecular weight excluding hydrogens is 372 g/mol. The first-order valence-electron chi connectivity index (χ1n) is 8.20. The molecule has 0 aliphatic rings. The van der Waals surface area contributed by atoms with E-state index >= 15 is 0 Å². The highest BCUT2D eigenvalue weighted by atomic mass is 19.1. The van der Waals surface area contributed by atoms with Gasteiger partial charge in [0, 0.05) is 6.07 Å². The lowest BCUT2D eigenvalue weighted by Gasteiger charge is -2.07. The number of hydrogen-bond acceptors (Lipinski definition) is 5. The summed E-state index contributed by atoms with van der Waals surface area (Å²) in [6.45, 7) is -0.581. The molecule has 0 unspecified atom stereocenters. The maximum Gasteiger partial charge on any atom is 0.374 e. The third kappa shape index (κ3) is 5.16. The first-order chi connectivity index (χ1) is 13.5. The molecule has 0 atom stereocenters. The molecule has 0 saturated heterocycles. The van der Waals surface area contributed by atoms with Gasteiger partial charge in [-0.1, -0.05) is 18.2 Å². The van der Waals surface area contributed by atoms with Gasteiger partial charge in [0.25, 0.3) is 5.91 Å². The summed E-state index contributed by atoms with van der Waals surface area (Å²) in [5, 5.41) is 2.12. The molecule has 144 valence electrons. The number of ether oxygens (including phenoxy) is 2. The summed E-state index contributed by atoms with van der Waals surface area (Å²) in [6.07, 6.45) is 0. The fourth-order valence-electron chi connectivity index (χ4n) is 2.22. The van der Waals surface area contributed by atoms with Crippen LogP contribution in [0.2, 0.25) is 0 Å². The number of rotatable bonds is 7. The van der Waals surface area contributed by atoms with Crippen LogP contribution in [-0.4, -0.2) is 18.5 Å². The standard InChI is InChI=1S/C20H15F2NO5/c21-13-6-8-16(22)17(10-13)23-19(24)12-27-20(25)18-9-7-15(28-18)11-26-14-4-2-1-3-5-14/h1-10H,11-12H2,(H,23,24). The van der Waals surface area contributed by atoms with Gasteiger partial charge in [0.1, 0.15) is 29.8 Å². The summed E-state index contributed by atoms with van der Waals surface area (Å²) in [5.41, 5.74) is -0.348. The molecule has 8 heteroatoms. The largest absolute Gasteiger partial charge is 0.486 e. The minimum Gasteiger partial charge on any atom is -0.486 e. The lowest BCUT2D eigenvalue weighted by atomic mass is 10.3. The third-order valence-electron chi connectivity index (χ3n) is 3.52. The Balaban J connectivity index is 1.49. The Morgan fingerprint density at radius 1 is 1.00 bits per heavy atom. The SMILES string of the molecule is O=C(COC(=O)c1ccc(COc2ccccc2)o1)Nc1cc(F)ccc1F. The lowest BCUT2D eigenvalue weighted by Crippen LogP contribution is -2.21. The maximum atomic E-state index is 13.5. The second kappa shape index (κ2) is 8.81. The van der Waals surface area contributed by atoms with E-state index in [1.807, 2.05) is 18.2 Å². The van der Waals surface area contributed by atoms with Gasteiger partial charge in [-0.3, -0.25) is 4.79 Å². The molecule has 0 saturated carbocycles. The Morgan fingerprint density at radius 2 is 1.79 bits per heavy atom. The van der Waals surface area contributed by atoms with Crippen molar-refractivity contribution >= 4 is 17.6 Å². The molecule has 1 aromatic heterocycles. The summed E-state index contributed by atoms with van der Waals surface area (Å²) < 4.78 is 42.2. The molecule has 0 bridgehead atoms. The number of esters is 1. The van der Waals surface area contributed by atoms with Crippen molar-refractivity contribution in [2.24, 2.45) is 0 Å². The number of benzene rings is 2. The molecule has 0 aliphatic carbocycles. The van der Waals surface area contributed by atoms with Crippen LogP contribution in [0.3, 0.4) is 0 Å². The zero-order chi connectivity index (χ0) is 19.9. The smallest absolute Gasteiger partial charge is 0.374 e. The van der Waals surface area contributed by atoms with Crippen LogP contribution in [0.4, 0.5) is 14.5 Å².